The Morgan fingerprint density at radius 3 is 2.52 bits per heavy atom. The van der Waals surface area contributed by atoms with Gasteiger partial charge in [0.05, 0.1) is 14.2 Å². The van der Waals surface area contributed by atoms with Crippen LogP contribution in [0.4, 0.5) is 11.6 Å². The molecule has 0 spiro atoms. The smallest absolute Gasteiger partial charge is 0.244 e. The van der Waals surface area contributed by atoms with Crippen molar-refractivity contribution in [3.05, 3.63) is 30.1 Å². The number of ether oxygens (including phenoxy) is 2. The van der Waals surface area contributed by atoms with E-state index in [1.54, 1.807) is 6.07 Å². The fourth-order valence-corrected chi connectivity index (χ4v) is 4.38. The standard InChI is InChI=1S/C19H27N5O4S/c1-14-22-18(13-19(23-14)24-10-4-5-11-24)20-8-9-21-29(25,26)17-7-6-15(27-2)12-16(17)28-3/h6-7,12-13,21H,4-5,8-11H2,1-3H3,(H,20,22,23). The number of benzene rings is 1. The lowest BCUT2D eigenvalue weighted by atomic mass is 10.3. The lowest BCUT2D eigenvalue weighted by Gasteiger charge is -2.18. The average molecular weight is 422 g/mol. The Balaban J connectivity index is 1.60. The normalized spacial score (nSPS) is 14.1. The zero-order valence-corrected chi connectivity index (χ0v) is 17.8. The van der Waals surface area contributed by atoms with Crippen molar-refractivity contribution in [2.45, 2.75) is 24.7 Å². The molecule has 29 heavy (non-hydrogen) atoms. The van der Waals surface area contributed by atoms with Crippen molar-refractivity contribution in [1.82, 2.24) is 14.7 Å². The van der Waals surface area contributed by atoms with Gasteiger partial charge in [-0.2, -0.15) is 0 Å². The van der Waals surface area contributed by atoms with Crippen molar-refractivity contribution in [2.24, 2.45) is 0 Å². The van der Waals surface area contributed by atoms with Crippen LogP contribution in [0.15, 0.2) is 29.2 Å². The molecule has 2 aromatic rings. The number of methoxy groups -OCH3 is 2. The summed E-state index contributed by atoms with van der Waals surface area (Å²) >= 11 is 0. The summed E-state index contributed by atoms with van der Waals surface area (Å²) in [6.45, 7) is 4.43. The van der Waals surface area contributed by atoms with E-state index in [2.05, 4.69) is 24.9 Å². The fraction of sp³-hybridized carbons (Fsp3) is 0.474. The van der Waals surface area contributed by atoms with E-state index in [9.17, 15) is 8.42 Å². The third kappa shape index (κ3) is 5.27. The van der Waals surface area contributed by atoms with Gasteiger partial charge in [0.2, 0.25) is 10.0 Å². The van der Waals surface area contributed by atoms with E-state index >= 15 is 0 Å². The highest BCUT2D eigenvalue weighted by atomic mass is 32.2. The number of hydrogen-bond acceptors (Lipinski definition) is 8. The lowest BCUT2D eigenvalue weighted by Crippen LogP contribution is -2.29. The zero-order chi connectivity index (χ0) is 20.9. The first-order valence-electron chi connectivity index (χ1n) is 9.49. The molecule has 10 heteroatoms. The van der Waals surface area contributed by atoms with Gasteiger partial charge in [0, 0.05) is 38.3 Å². The number of hydrogen-bond donors (Lipinski definition) is 2. The molecule has 1 aromatic heterocycles. The SMILES string of the molecule is COc1ccc(S(=O)(=O)NCCNc2cc(N3CCCC3)nc(C)n2)c(OC)c1. The molecule has 1 aliphatic heterocycles. The summed E-state index contributed by atoms with van der Waals surface area (Å²) in [6.07, 6.45) is 2.34. The number of aryl methyl sites for hydroxylation is 1. The van der Waals surface area contributed by atoms with Gasteiger partial charge in [-0.1, -0.05) is 0 Å². The maximum absolute atomic E-state index is 12.6. The zero-order valence-electron chi connectivity index (χ0n) is 16.9. The van der Waals surface area contributed by atoms with Crippen LogP contribution in [0, 0.1) is 6.92 Å². The van der Waals surface area contributed by atoms with E-state index in [0.717, 1.165) is 18.9 Å². The molecule has 158 valence electrons. The Labute approximate surface area is 171 Å². The molecule has 2 N–H and O–H groups in total. The van der Waals surface area contributed by atoms with Crippen molar-refractivity contribution in [2.75, 3.05) is 50.6 Å². The van der Waals surface area contributed by atoms with Gasteiger partial charge in [-0.3, -0.25) is 0 Å². The number of nitrogens with one attached hydrogen (secondary N) is 2. The first-order chi connectivity index (χ1) is 13.9. The highest BCUT2D eigenvalue weighted by Crippen LogP contribution is 2.28. The maximum Gasteiger partial charge on any atom is 0.244 e. The van der Waals surface area contributed by atoms with Crippen molar-refractivity contribution < 1.29 is 17.9 Å². The van der Waals surface area contributed by atoms with Crippen molar-refractivity contribution in [1.29, 1.82) is 0 Å². The second-order valence-corrected chi connectivity index (χ2v) is 8.43. The second-order valence-electron chi connectivity index (χ2n) is 6.69. The topological polar surface area (TPSA) is 106 Å². The fourth-order valence-electron chi connectivity index (χ4n) is 3.20. The molecule has 0 amide bonds. The van der Waals surface area contributed by atoms with E-state index in [-0.39, 0.29) is 17.2 Å². The van der Waals surface area contributed by atoms with Gasteiger partial charge in [0.25, 0.3) is 0 Å². The van der Waals surface area contributed by atoms with Crippen LogP contribution in [0.25, 0.3) is 0 Å². The Morgan fingerprint density at radius 1 is 1.07 bits per heavy atom. The van der Waals surface area contributed by atoms with E-state index in [0.29, 0.717) is 23.9 Å². The Morgan fingerprint density at radius 2 is 1.83 bits per heavy atom. The molecule has 2 heterocycles. The molecular formula is C19H27N5O4S. The number of nitrogens with zero attached hydrogens (tertiary/aromatic N) is 3. The minimum atomic E-state index is -3.72. The highest BCUT2D eigenvalue weighted by Gasteiger charge is 2.20. The second kappa shape index (κ2) is 9.27. The van der Waals surface area contributed by atoms with Crippen LogP contribution in [0.1, 0.15) is 18.7 Å². The van der Waals surface area contributed by atoms with Gasteiger partial charge < -0.3 is 19.7 Å². The number of sulfonamides is 1. The molecule has 0 bridgehead atoms. The van der Waals surface area contributed by atoms with Gasteiger partial charge in [-0.05, 0) is 31.9 Å². The molecule has 0 atom stereocenters. The van der Waals surface area contributed by atoms with Crippen LogP contribution in [0.3, 0.4) is 0 Å². The Bertz CT molecular complexity index is 946. The van der Waals surface area contributed by atoms with E-state index < -0.39 is 10.0 Å². The van der Waals surface area contributed by atoms with Gasteiger partial charge in [0.15, 0.2) is 0 Å². The van der Waals surface area contributed by atoms with Gasteiger partial charge in [-0.25, -0.2) is 23.1 Å². The summed E-state index contributed by atoms with van der Waals surface area (Å²) in [7, 11) is -0.791. The van der Waals surface area contributed by atoms with Crippen LogP contribution in [-0.2, 0) is 10.0 Å². The number of aromatic nitrogens is 2. The lowest BCUT2D eigenvalue weighted by molar-refractivity contribution is 0.386. The summed E-state index contributed by atoms with van der Waals surface area (Å²) in [5.41, 5.74) is 0. The Hall–Kier alpha value is -2.59. The van der Waals surface area contributed by atoms with E-state index in [1.807, 2.05) is 13.0 Å². The summed E-state index contributed by atoms with van der Waals surface area (Å²) in [5, 5.41) is 3.16. The third-order valence-electron chi connectivity index (χ3n) is 4.64. The molecule has 3 rings (SSSR count). The molecule has 1 aromatic carbocycles. The summed E-state index contributed by atoms with van der Waals surface area (Å²) in [4.78, 5) is 11.2. The highest BCUT2D eigenvalue weighted by molar-refractivity contribution is 7.89. The van der Waals surface area contributed by atoms with Crippen molar-refractivity contribution >= 4 is 21.7 Å². The molecule has 0 aliphatic carbocycles. The first kappa shape index (κ1) is 21.1. The van der Waals surface area contributed by atoms with E-state index in [1.165, 1.54) is 39.2 Å². The van der Waals surface area contributed by atoms with Gasteiger partial charge >= 0.3 is 0 Å². The molecule has 1 aliphatic rings. The maximum atomic E-state index is 12.6. The monoisotopic (exact) mass is 421 g/mol. The molecule has 1 saturated heterocycles. The summed E-state index contributed by atoms with van der Waals surface area (Å²) < 4.78 is 38.1. The average Bonchev–Trinajstić information content (AvgIpc) is 3.25. The van der Waals surface area contributed by atoms with Crippen LogP contribution in [0.2, 0.25) is 0 Å². The minimum Gasteiger partial charge on any atom is -0.497 e. The Kier molecular flexibility index (Phi) is 6.75. The van der Waals surface area contributed by atoms with Crippen LogP contribution in [-0.4, -0.2) is 58.8 Å². The van der Waals surface area contributed by atoms with Crippen LogP contribution in [0.5, 0.6) is 11.5 Å². The molecular weight excluding hydrogens is 394 g/mol. The summed E-state index contributed by atoms with van der Waals surface area (Å²) in [5.74, 6) is 3.02. The van der Waals surface area contributed by atoms with Gasteiger partial charge in [0.1, 0.15) is 33.9 Å². The van der Waals surface area contributed by atoms with Crippen molar-refractivity contribution in [3.63, 3.8) is 0 Å². The largest absolute Gasteiger partial charge is 0.497 e. The first-order valence-corrected chi connectivity index (χ1v) is 11.0. The van der Waals surface area contributed by atoms with E-state index in [4.69, 9.17) is 9.47 Å². The number of anilines is 2. The molecule has 0 saturated carbocycles. The third-order valence-corrected chi connectivity index (χ3v) is 6.14. The minimum absolute atomic E-state index is 0.0648. The number of rotatable bonds is 9. The molecule has 9 nitrogen and oxygen atoms in total. The quantitative estimate of drug-likeness (QED) is 0.591. The van der Waals surface area contributed by atoms with Gasteiger partial charge in [-0.15, -0.1) is 0 Å². The van der Waals surface area contributed by atoms with Crippen molar-refractivity contribution in [3.8, 4) is 11.5 Å². The van der Waals surface area contributed by atoms with Crippen LogP contribution < -0.4 is 24.4 Å². The molecule has 1 fully saturated rings. The predicted molar refractivity (Wildman–Crippen MR) is 111 cm³/mol. The summed E-state index contributed by atoms with van der Waals surface area (Å²) in [6, 6.07) is 6.48. The molecule has 0 unspecified atom stereocenters. The molecule has 0 radical (unpaired) electrons. The van der Waals surface area contributed by atoms with Crippen LogP contribution >= 0.6 is 0 Å². The predicted octanol–water partition coefficient (Wildman–Crippen LogP) is 1.79.